The van der Waals surface area contributed by atoms with Gasteiger partial charge < -0.3 is 0 Å². The molecule has 0 bridgehead atoms. The monoisotopic (exact) mass is 124 g/mol. The number of hydrogen-bond acceptors (Lipinski definition) is 0. The molecule has 0 amide bonds. The molecule has 0 rings (SSSR count). The molecule has 38 valence electrons. The molecular weight excluding hydrogens is 114 g/mol. The lowest BCUT2D eigenvalue weighted by molar-refractivity contribution is 0.906. The lowest BCUT2D eigenvalue weighted by Crippen LogP contribution is -1.88. The Balaban J connectivity index is 2.63. The van der Waals surface area contributed by atoms with Gasteiger partial charge in [0.15, 0.2) is 0 Å². The van der Waals surface area contributed by atoms with Gasteiger partial charge >= 0.3 is 0 Å². The molecule has 0 aromatic carbocycles. The maximum absolute atomic E-state index is 5.56. The molecule has 2 heteroatoms. The van der Waals surface area contributed by atoms with Gasteiger partial charge in [0.1, 0.15) is 0 Å². The Kier molecular flexibility index (Phi) is 4.36. The van der Waals surface area contributed by atoms with Crippen molar-refractivity contribution in [2.45, 2.75) is 18.7 Å². The van der Waals surface area contributed by atoms with E-state index in [1.54, 1.807) is 0 Å². The van der Waals surface area contributed by atoms with Gasteiger partial charge in [-0.05, 0) is 19.5 Å². The predicted octanol–water partition coefficient (Wildman–Crippen LogP) is 1.88. The first-order chi connectivity index (χ1) is 2.77. The molecule has 2 unspecified atom stereocenters. The van der Waals surface area contributed by atoms with Crippen molar-refractivity contribution >= 4 is 20.8 Å². The van der Waals surface area contributed by atoms with Gasteiger partial charge in [0.2, 0.25) is 0 Å². The largest absolute Gasteiger partial charge is 0.138 e. The van der Waals surface area contributed by atoms with Crippen LogP contribution in [0.3, 0.4) is 0 Å². The molecule has 0 aliphatic heterocycles. The van der Waals surface area contributed by atoms with Crippen LogP contribution in [0, 0.1) is 0 Å². The molecule has 0 heterocycles. The molecule has 0 aromatic heterocycles. The topological polar surface area (TPSA) is 0 Å². The SMILES string of the molecule is CC(Cl)CCP. The molecule has 0 spiro atoms. The van der Waals surface area contributed by atoms with E-state index in [4.69, 9.17) is 11.6 Å². The van der Waals surface area contributed by atoms with Crippen LogP contribution in [-0.2, 0) is 0 Å². The van der Waals surface area contributed by atoms with Gasteiger partial charge in [0, 0.05) is 5.38 Å². The van der Waals surface area contributed by atoms with E-state index in [1.807, 2.05) is 6.92 Å². The van der Waals surface area contributed by atoms with Crippen molar-refractivity contribution in [3.8, 4) is 0 Å². The highest BCUT2D eigenvalue weighted by atomic mass is 35.5. The minimum atomic E-state index is 0.350. The third kappa shape index (κ3) is 4.72. The number of alkyl halides is 1. The summed E-state index contributed by atoms with van der Waals surface area (Å²) in [7, 11) is 2.64. The minimum absolute atomic E-state index is 0.350. The third-order valence-electron chi connectivity index (χ3n) is 0.564. The average Bonchev–Trinajstić information content (AvgIpc) is 1.35. The van der Waals surface area contributed by atoms with Crippen LogP contribution in [0.1, 0.15) is 13.3 Å². The Hall–Kier alpha value is 0.720. The number of halogens is 1. The standard InChI is InChI=1S/C4H10ClP/c1-4(5)2-3-6/h4H,2-3,6H2,1H3. The number of rotatable bonds is 2. The Morgan fingerprint density at radius 2 is 2.33 bits per heavy atom. The van der Waals surface area contributed by atoms with Crippen molar-refractivity contribution in [1.82, 2.24) is 0 Å². The van der Waals surface area contributed by atoms with Crippen LogP contribution in [0.5, 0.6) is 0 Å². The van der Waals surface area contributed by atoms with Gasteiger partial charge in [-0.3, -0.25) is 0 Å². The van der Waals surface area contributed by atoms with E-state index in [0.717, 1.165) is 12.6 Å². The van der Waals surface area contributed by atoms with E-state index < -0.39 is 0 Å². The summed E-state index contributed by atoms with van der Waals surface area (Å²) >= 11 is 5.56. The molecular formula is C4H10ClP. The fourth-order valence-electron chi connectivity index (χ4n) is 0.230. The van der Waals surface area contributed by atoms with Crippen LogP contribution in [0.2, 0.25) is 0 Å². The van der Waals surface area contributed by atoms with Crippen molar-refractivity contribution in [1.29, 1.82) is 0 Å². The highest BCUT2D eigenvalue weighted by Crippen LogP contribution is 2.00. The molecule has 0 aromatic rings. The second-order valence-corrected chi connectivity index (χ2v) is 2.68. The first-order valence-electron chi connectivity index (χ1n) is 2.11. The maximum Gasteiger partial charge on any atom is 0.0311 e. The van der Waals surface area contributed by atoms with E-state index in [2.05, 4.69) is 9.24 Å². The second kappa shape index (κ2) is 3.89. The molecule has 0 saturated heterocycles. The third-order valence-corrected chi connectivity index (χ3v) is 1.12. The Bertz CT molecular complexity index is 28.7. The van der Waals surface area contributed by atoms with Crippen molar-refractivity contribution in [3.63, 3.8) is 0 Å². The van der Waals surface area contributed by atoms with Gasteiger partial charge in [0.25, 0.3) is 0 Å². The Morgan fingerprint density at radius 1 is 1.83 bits per heavy atom. The predicted molar refractivity (Wildman–Crippen MR) is 34.5 cm³/mol. The number of hydrogen-bond donors (Lipinski definition) is 0. The van der Waals surface area contributed by atoms with Gasteiger partial charge in [-0.25, -0.2) is 0 Å². The zero-order valence-electron chi connectivity index (χ0n) is 3.95. The Labute approximate surface area is 46.5 Å². The molecule has 0 aliphatic rings. The lowest BCUT2D eigenvalue weighted by Gasteiger charge is -1.93. The summed E-state index contributed by atoms with van der Waals surface area (Å²) in [4.78, 5) is 0. The van der Waals surface area contributed by atoms with E-state index in [9.17, 15) is 0 Å². The zero-order valence-corrected chi connectivity index (χ0v) is 5.86. The molecule has 0 fully saturated rings. The molecule has 6 heavy (non-hydrogen) atoms. The molecule has 0 N–H and O–H groups in total. The lowest BCUT2D eigenvalue weighted by atomic mass is 10.4. The van der Waals surface area contributed by atoms with Crippen LogP contribution < -0.4 is 0 Å². The molecule has 2 atom stereocenters. The molecule has 0 radical (unpaired) electrons. The smallest absolute Gasteiger partial charge is 0.0311 e. The normalized spacial score (nSPS) is 14.5. The van der Waals surface area contributed by atoms with E-state index >= 15 is 0 Å². The fraction of sp³-hybridized carbons (Fsp3) is 1.00. The maximum atomic E-state index is 5.56. The highest BCUT2D eigenvalue weighted by molar-refractivity contribution is 7.16. The summed E-state index contributed by atoms with van der Waals surface area (Å²) in [5, 5.41) is 0.350. The molecule has 0 aliphatic carbocycles. The van der Waals surface area contributed by atoms with E-state index in [0.29, 0.717) is 5.38 Å². The highest BCUT2D eigenvalue weighted by Gasteiger charge is 1.88. The zero-order chi connectivity index (χ0) is 4.99. The Morgan fingerprint density at radius 3 is 2.33 bits per heavy atom. The van der Waals surface area contributed by atoms with E-state index in [1.165, 1.54) is 0 Å². The quantitative estimate of drug-likeness (QED) is 0.390. The minimum Gasteiger partial charge on any atom is -0.138 e. The van der Waals surface area contributed by atoms with Crippen molar-refractivity contribution < 1.29 is 0 Å². The second-order valence-electron chi connectivity index (χ2n) is 1.36. The van der Waals surface area contributed by atoms with Crippen LogP contribution in [-0.4, -0.2) is 11.5 Å². The summed E-state index contributed by atoms with van der Waals surface area (Å²) in [5.74, 6) is 0. The van der Waals surface area contributed by atoms with Crippen molar-refractivity contribution in [2.24, 2.45) is 0 Å². The summed E-state index contributed by atoms with van der Waals surface area (Å²) < 4.78 is 0. The molecule has 0 saturated carbocycles. The van der Waals surface area contributed by atoms with E-state index in [-0.39, 0.29) is 0 Å². The van der Waals surface area contributed by atoms with Gasteiger partial charge in [-0.2, -0.15) is 0 Å². The van der Waals surface area contributed by atoms with Crippen LogP contribution in [0.15, 0.2) is 0 Å². The average molecular weight is 125 g/mol. The fourth-order valence-corrected chi connectivity index (χ4v) is 1.07. The summed E-state index contributed by atoms with van der Waals surface area (Å²) in [6.45, 7) is 2.01. The van der Waals surface area contributed by atoms with Crippen LogP contribution in [0.25, 0.3) is 0 Å². The molecule has 0 nitrogen and oxygen atoms in total. The summed E-state index contributed by atoms with van der Waals surface area (Å²) in [6, 6.07) is 0. The summed E-state index contributed by atoms with van der Waals surface area (Å²) in [5.41, 5.74) is 0. The van der Waals surface area contributed by atoms with Crippen molar-refractivity contribution in [3.05, 3.63) is 0 Å². The van der Waals surface area contributed by atoms with Crippen molar-refractivity contribution in [2.75, 3.05) is 6.16 Å². The van der Waals surface area contributed by atoms with Gasteiger partial charge in [-0.1, -0.05) is 0 Å². The van der Waals surface area contributed by atoms with Crippen LogP contribution >= 0.6 is 20.8 Å². The van der Waals surface area contributed by atoms with Gasteiger partial charge in [0.05, 0.1) is 0 Å². The van der Waals surface area contributed by atoms with Gasteiger partial charge in [-0.15, -0.1) is 20.8 Å². The first-order valence-corrected chi connectivity index (χ1v) is 3.36. The first kappa shape index (κ1) is 6.72. The summed E-state index contributed by atoms with van der Waals surface area (Å²) in [6.07, 6.45) is 2.22. The van der Waals surface area contributed by atoms with Crippen LogP contribution in [0.4, 0.5) is 0 Å².